The van der Waals surface area contributed by atoms with Crippen LogP contribution in [0, 0.1) is 0 Å². The van der Waals surface area contributed by atoms with Gasteiger partial charge in [-0.15, -0.1) is 11.3 Å². The fraction of sp³-hybridized carbons (Fsp3) is 0.0698. The number of nitrogens with zero attached hydrogens (tertiary/aromatic N) is 2. The summed E-state index contributed by atoms with van der Waals surface area (Å²) in [6.07, 6.45) is 9.85. The molecule has 0 saturated carbocycles. The number of furan rings is 1. The van der Waals surface area contributed by atoms with Gasteiger partial charge in [-0.1, -0.05) is 91.0 Å². The second-order valence-electron chi connectivity index (χ2n) is 12.1. The molecule has 226 valence electrons. The van der Waals surface area contributed by atoms with Crippen molar-refractivity contribution in [3.05, 3.63) is 169 Å². The van der Waals surface area contributed by atoms with Crippen LogP contribution in [0.25, 0.3) is 42.1 Å². The first kappa shape index (κ1) is 27.7. The highest BCUT2D eigenvalue weighted by Crippen LogP contribution is 2.42. The van der Waals surface area contributed by atoms with Crippen molar-refractivity contribution >= 4 is 76.2 Å². The third-order valence-corrected chi connectivity index (χ3v) is 10.4. The lowest BCUT2D eigenvalue weighted by Crippen LogP contribution is -2.33. The molecule has 0 N–H and O–H groups in total. The van der Waals surface area contributed by atoms with Crippen LogP contribution < -0.4 is 9.80 Å². The average molecular weight is 625 g/mol. The van der Waals surface area contributed by atoms with E-state index in [9.17, 15) is 0 Å². The van der Waals surface area contributed by atoms with Crippen LogP contribution >= 0.6 is 11.3 Å². The van der Waals surface area contributed by atoms with E-state index in [1.54, 1.807) is 0 Å². The Morgan fingerprint density at radius 2 is 1.30 bits per heavy atom. The minimum Gasteiger partial charge on any atom is -0.456 e. The fourth-order valence-corrected chi connectivity index (χ4v) is 8.12. The predicted octanol–water partition coefficient (Wildman–Crippen LogP) is 12.3. The zero-order valence-corrected chi connectivity index (χ0v) is 26.6. The van der Waals surface area contributed by atoms with Crippen molar-refractivity contribution in [3.8, 4) is 0 Å². The quantitative estimate of drug-likeness (QED) is 0.176. The van der Waals surface area contributed by atoms with Crippen molar-refractivity contribution in [3.63, 3.8) is 0 Å². The number of fused-ring (bicyclic) bond motifs is 6. The van der Waals surface area contributed by atoms with Gasteiger partial charge in [0.2, 0.25) is 0 Å². The number of allylic oxidation sites excluding steroid dienone is 2. The molecular formula is C43H32N2OS. The van der Waals surface area contributed by atoms with Crippen molar-refractivity contribution < 1.29 is 4.42 Å². The van der Waals surface area contributed by atoms with Gasteiger partial charge in [0, 0.05) is 60.2 Å². The van der Waals surface area contributed by atoms with E-state index in [0.29, 0.717) is 0 Å². The lowest BCUT2D eigenvalue weighted by molar-refractivity contribution is 0.667. The van der Waals surface area contributed by atoms with E-state index < -0.39 is 0 Å². The van der Waals surface area contributed by atoms with Crippen LogP contribution in [0.2, 0.25) is 0 Å². The molecule has 0 radical (unpaired) electrons. The topological polar surface area (TPSA) is 19.6 Å². The molecule has 1 atom stereocenters. The summed E-state index contributed by atoms with van der Waals surface area (Å²) >= 11 is 1.85. The van der Waals surface area contributed by atoms with Crippen LogP contribution in [-0.4, -0.2) is 6.04 Å². The molecule has 1 aliphatic carbocycles. The highest BCUT2D eigenvalue weighted by molar-refractivity contribution is 7.25. The van der Waals surface area contributed by atoms with Crippen molar-refractivity contribution in [2.24, 2.45) is 0 Å². The Balaban J connectivity index is 1.20. The monoisotopic (exact) mass is 624 g/mol. The molecular weight excluding hydrogens is 593 g/mol. The summed E-state index contributed by atoms with van der Waals surface area (Å²) in [5, 5.41) is 4.89. The molecule has 0 bridgehead atoms. The highest BCUT2D eigenvalue weighted by atomic mass is 32.1. The zero-order valence-electron chi connectivity index (χ0n) is 25.8. The van der Waals surface area contributed by atoms with Gasteiger partial charge in [-0.05, 0) is 84.8 Å². The van der Waals surface area contributed by atoms with Gasteiger partial charge in [0.05, 0.1) is 6.04 Å². The first-order valence-corrected chi connectivity index (χ1v) is 17.0. The molecule has 2 aromatic heterocycles. The van der Waals surface area contributed by atoms with Gasteiger partial charge in [-0.3, -0.25) is 0 Å². The van der Waals surface area contributed by atoms with E-state index in [1.807, 2.05) is 11.3 Å². The summed E-state index contributed by atoms with van der Waals surface area (Å²) in [5.41, 5.74) is 7.63. The van der Waals surface area contributed by atoms with Gasteiger partial charge in [0.25, 0.3) is 0 Å². The number of benzene rings is 6. The molecule has 4 heteroatoms. The largest absolute Gasteiger partial charge is 0.456 e. The summed E-state index contributed by atoms with van der Waals surface area (Å²) < 4.78 is 9.12. The van der Waals surface area contributed by atoms with Crippen LogP contribution in [0.4, 0.5) is 22.7 Å². The standard InChI is InChI=1S/C43H32N2OS/c1-4-14-31(15-5-1)44(32-16-6-2-7-17-32)29-30-13-12-21-40-43(30)38-28-34(23-25-39(38)46-40)45(33-18-8-3-9-19-33)35-24-26-42-37(27-35)36-20-10-11-22-41(36)47-42/h1-16,18-28,32H,17,29H2. The molecule has 0 aliphatic heterocycles. The van der Waals surface area contributed by atoms with Crippen molar-refractivity contribution in [2.75, 3.05) is 9.80 Å². The molecule has 1 unspecified atom stereocenters. The third kappa shape index (κ3) is 4.98. The molecule has 2 heterocycles. The second kappa shape index (κ2) is 11.7. The molecule has 3 nitrogen and oxygen atoms in total. The number of hydrogen-bond acceptors (Lipinski definition) is 4. The molecule has 47 heavy (non-hydrogen) atoms. The minimum atomic E-state index is 0.281. The highest BCUT2D eigenvalue weighted by Gasteiger charge is 2.21. The summed E-state index contributed by atoms with van der Waals surface area (Å²) in [4.78, 5) is 4.87. The fourth-order valence-electron chi connectivity index (χ4n) is 7.04. The summed E-state index contributed by atoms with van der Waals surface area (Å²) in [5.74, 6) is 0. The van der Waals surface area contributed by atoms with Crippen LogP contribution in [0.1, 0.15) is 12.0 Å². The molecule has 1 aliphatic rings. The maximum atomic E-state index is 6.51. The number of thiophene rings is 1. The van der Waals surface area contributed by atoms with Crippen molar-refractivity contribution in [2.45, 2.75) is 19.0 Å². The number of para-hydroxylation sites is 2. The number of hydrogen-bond donors (Lipinski definition) is 0. The first-order chi connectivity index (χ1) is 23.3. The van der Waals surface area contributed by atoms with Gasteiger partial charge in [-0.25, -0.2) is 0 Å². The van der Waals surface area contributed by atoms with Crippen LogP contribution in [-0.2, 0) is 6.54 Å². The molecule has 9 rings (SSSR count). The first-order valence-electron chi connectivity index (χ1n) is 16.2. The van der Waals surface area contributed by atoms with Gasteiger partial charge in [-0.2, -0.15) is 0 Å². The molecule has 0 fully saturated rings. The van der Waals surface area contributed by atoms with Crippen LogP contribution in [0.3, 0.4) is 0 Å². The Labute approximate surface area is 277 Å². The molecule has 0 spiro atoms. The summed E-state index contributed by atoms with van der Waals surface area (Å²) in [6, 6.07) is 50.3. The summed E-state index contributed by atoms with van der Waals surface area (Å²) in [6.45, 7) is 0.771. The zero-order chi connectivity index (χ0) is 31.2. The van der Waals surface area contributed by atoms with Crippen molar-refractivity contribution in [1.29, 1.82) is 0 Å². The van der Waals surface area contributed by atoms with Gasteiger partial charge >= 0.3 is 0 Å². The summed E-state index contributed by atoms with van der Waals surface area (Å²) in [7, 11) is 0. The smallest absolute Gasteiger partial charge is 0.135 e. The second-order valence-corrected chi connectivity index (χ2v) is 13.2. The Morgan fingerprint density at radius 1 is 0.574 bits per heavy atom. The molecule has 6 aromatic carbocycles. The van der Waals surface area contributed by atoms with Gasteiger partial charge in [0.1, 0.15) is 11.2 Å². The Hall–Kier alpha value is -5.58. The number of anilines is 4. The van der Waals surface area contributed by atoms with Gasteiger partial charge < -0.3 is 14.2 Å². The van der Waals surface area contributed by atoms with E-state index in [-0.39, 0.29) is 6.04 Å². The third-order valence-electron chi connectivity index (χ3n) is 9.24. The SMILES string of the molecule is C1=CCC(N(Cc2cccc3oc4ccc(N(c5ccccc5)c5ccc6sc7ccccc7c6c5)cc4c23)c2ccccc2)C=C1. The Kier molecular flexibility index (Phi) is 6.87. The van der Waals surface area contributed by atoms with Crippen LogP contribution in [0.15, 0.2) is 168 Å². The lowest BCUT2D eigenvalue weighted by Gasteiger charge is -2.32. The Bertz CT molecular complexity index is 2440. The number of rotatable bonds is 7. The van der Waals surface area contributed by atoms with Crippen LogP contribution in [0.5, 0.6) is 0 Å². The average Bonchev–Trinajstić information content (AvgIpc) is 3.70. The van der Waals surface area contributed by atoms with Crippen molar-refractivity contribution in [1.82, 2.24) is 0 Å². The minimum absolute atomic E-state index is 0.281. The van der Waals surface area contributed by atoms with E-state index in [4.69, 9.17) is 4.42 Å². The van der Waals surface area contributed by atoms with Gasteiger partial charge in [0.15, 0.2) is 0 Å². The molecule has 0 saturated heterocycles. The predicted molar refractivity (Wildman–Crippen MR) is 201 cm³/mol. The normalized spacial score (nSPS) is 14.4. The molecule has 8 aromatic rings. The Morgan fingerprint density at radius 3 is 2.11 bits per heavy atom. The van der Waals surface area contributed by atoms with E-state index >= 15 is 0 Å². The lowest BCUT2D eigenvalue weighted by atomic mass is 10.0. The maximum absolute atomic E-state index is 6.51. The van der Waals surface area contributed by atoms with E-state index in [1.165, 1.54) is 36.8 Å². The molecule has 0 amide bonds. The maximum Gasteiger partial charge on any atom is 0.135 e. The van der Waals surface area contributed by atoms with E-state index in [0.717, 1.165) is 46.6 Å². The van der Waals surface area contributed by atoms with E-state index in [2.05, 4.69) is 174 Å².